The Bertz CT molecular complexity index is 1370. The van der Waals surface area contributed by atoms with E-state index >= 15 is 0 Å². The molecule has 1 aliphatic heterocycles. The molecule has 1 aliphatic rings. The molecule has 0 saturated carbocycles. The fourth-order valence-electron chi connectivity index (χ4n) is 4.26. The van der Waals surface area contributed by atoms with E-state index in [-0.39, 0.29) is 17.7 Å². The third-order valence-corrected chi connectivity index (χ3v) is 6.22. The van der Waals surface area contributed by atoms with Gasteiger partial charge in [0.2, 0.25) is 5.88 Å². The van der Waals surface area contributed by atoms with Crippen molar-refractivity contribution in [3.8, 4) is 11.6 Å². The van der Waals surface area contributed by atoms with Gasteiger partial charge in [-0.2, -0.15) is 0 Å². The summed E-state index contributed by atoms with van der Waals surface area (Å²) in [5, 5.41) is 0. The van der Waals surface area contributed by atoms with Crippen LogP contribution in [0, 0.1) is 5.82 Å². The number of ether oxygens (including phenoxy) is 1. The minimum atomic E-state index is -0.433. The summed E-state index contributed by atoms with van der Waals surface area (Å²) in [5.74, 6) is 0.562. The summed E-state index contributed by atoms with van der Waals surface area (Å²) in [4.78, 5) is 27.7. The number of nitrogens with one attached hydrogen (secondary N) is 1. The second-order valence-electron chi connectivity index (χ2n) is 8.31. The van der Waals surface area contributed by atoms with Gasteiger partial charge >= 0.3 is 0 Å². The summed E-state index contributed by atoms with van der Waals surface area (Å²) in [6.07, 6.45) is 1.72. The van der Waals surface area contributed by atoms with Gasteiger partial charge in [0.05, 0.1) is 5.52 Å². The van der Waals surface area contributed by atoms with Gasteiger partial charge in [0.25, 0.3) is 5.56 Å². The van der Waals surface area contributed by atoms with Crippen LogP contribution in [0.5, 0.6) is 11.6 Å². The molecule has 0 amide bonds. The van der Waals surface area contributed by atoms with Crippen molar-refractivity contribution in [2.24, 2.45) is 0 Å². The van der Waals surface area contributed by atoms with E-state index < -0.39 is 5.56 Å². The van der Waals surface area contributed by atoms with E-state index in [0.717, 1.165) is 37.4 Å². The van der Waals surface area contributed by atoms with E-state index in [2.05, 4.69) is 31.7 Å². The molecule has 0 bridgehead atoms. The van der Waals surface area contributed by atoms with E-state index in [1.54, 1.807) is 24.4 Å². The highest BCUT2D eigenvalue weighted by Crippen LogP contribution is 2.29. The number of para-hydroxylation sites is 1. The Morgan fingerprint density at radius 3 is 2.62 bits per heavy atom. The highest BCUT2D eigenvalue weighted by atomic mass is 19.1. The van der Waals surface area contributed by atoms with Crippen LogP contribution < -0.4 is 20.9 Å². The third kappa shape index (κ3) is 4.42. The van der Waals surface area contributed by atoms with Crippen LogP contribution in [0.4, 0.5) is 15.9 Å². The van der Waals surface area contributed by atoms with Crippen molar-refractivity contribution in [3.63, 3.8) is 0 Å². The topological polar surface area (TPSA) is 100 Å². The second kappa shape index (κ2) is 9.11. The highest BCUT2D eigenvalue weighted by molar-refractivity contribution is 5.82. The number of rotatable bonds is 5. The number of aromatic nitrogens is 3. The first-order chi connectivity index (χ1) is 16.5. The van der Waals surface area contributed by atoms with Gasteiger partial charge in [-0.25, -0.2) is 14.4 Å². The molecule has 9 heteroatoms. The average molecular weight is 461 g/mol. The summed E-state index contributed by atoms with van der Waals surface area (Å²) >= 11 is 0. The molecule has 174 valence electrons. The van der Waals surface area contributed by atoms with Crippen LogP contribution >= 0.6 is 0 Å². The number of pyridine rings is 1. The second-order valence-corrected chi connectivity index (χ2v) is 8.31. The smallest absolute Gasteiger partial charge is 0.290 e. The quantitative estimate of drug-likeness (QED) is 0.468. The number of fused-ring (bicyclic) bond motifs is 1. The lowest BCUT2D eigenvalue weighted by Crippen LogP contribution is -2.47. The summed E-state index contributed by atoms with van der Waals surface area (Å²) < 4.78 is 19.3. The fourth-order valence-corrected chi connectivity index (χ4v) is 4.26. The third-order valence-electron chi connectivity index (χ3n) is 6.22. The van der Waals surface area contributed by atoms with Gasteiger partial charge in [-0.05, 0) is 42.8 Å². The van der Waals surface area contributed by atoms with E-state index in [0.29, 0.717) is 22.7 Å². The molecule has 34 heavy (non-hydrogen) atoms. The van der Waals surface area contributed by atoms with E-state index in [9.17, 15) is 9.18 Å². The normalized spacial score (nSPS) is 15.4. The van der Waals surface area contributed by atoms with Crippen molar-refractivity contribution in [1.29, 1.82) is 0 Å². The molecule has 4 aromatic rings. The first-order valence-corrected chi connectivity index (χ1v) is 11.1. The molecule has 8 nitrogen and oxygen atoms in total. The Morgan fingerprint density at radius 1 is 1.09 bits per heavy atom. The Morgan fingerprint density at radius 2 is 1.85 bits per heavy atom. The molecular formula is C25H25FN6O2. The van der Waals surface area contributed by atoms with Gasteiger partial charge in [-0.15, -0.1) is 0 Å². The van der Waals surface area contributed by atoms with Crippen LogP contribution in [0.3, 0.4) is 0 Å². The first kappa shape index (κ1) is 21.8. The van der Waals surface area contributed by atoms with Crippen LogP contribution in [-0.4, -0.2) is 46.0 Å². The van der Waals surface area contributed by atoms with Crippen LogP contribution in [0.2, 0.25) is 0 Å². The maximum absolute atomic E-state index is 13.3. The number of hydrogen-bond donors (Lipinski definition) is 2. The summed E-state index contributed by atoms with van der Waals surface area (Å²) in [6.45, 7) is 5.62. The number of H-pyrrole nitrogens is 1. The molecule has 0 radical (unpaired) electrons. The van der Waals surface area contributed by atoms with Crippen molar-refractivity contribution < 1.29 is 9.13 Å². The molecule has 1 atom stereocenters. The van der Waals surface area contributed by atoms with E-state index in [1.165, 1.54) is 12.1 Å². The first-order valence-electron chi connectivity index (χ1n) is 11.1. The number of nitrogen functional groups attached to an aromatic ring is 1. The lowest BCUT2D eigenvalue weighted by atomic mass is 10.1. The SMILES string of the molecule is C[C@@H](c1ccc(F)cc1)N1CCN(c2ccnc(Oc3cccc4[nH]c(=O)c(N)nc34)c2)CC1. The number of nitrogens with zero attached hydrogens (tertiary/aromatic N) is 4. The number of nitrogens with two attached hydrogens (primary N) is 1. The van der Waals surface area contributed by atoms with E-state index in [4.69, 9.17) is 10.5 Å². The lowest BCUT2D eigenvalue weighted by Gasteiger charge is -2.39. The maximum atomic E-state index is 13.3. The molecule has 2 aromatic carbocycles. The van der Waals surface area contributed by atoms with Gasteiger partial charge in [-0.3, -0.25) is 9.69 Å². The molecule has 1 saturated heterocycles. The van der Waals surface area contributed by atoms with Crippen LogP contribution in [0.25, 0.3) is 11.0 Å². The highest BCUT2D eigenvalue weighted by Gasteiger charge is 2.23. The number of benzene rings is 2. The summed E-state index contributed by atoms with van der Waals surface area (Å²) in [5.41, 5.74) is 8.39. The van der Waals surface area contributed by atoms with Gasteiger partial charge in [0, 0.05) is 50.2 Å². The van der Waals surface area contributed by atoms with E-state index in [1.807, 2.05) is 24.3 Å². The zero-order chi connectivity index (χ0) is 23.7. The Hall–Kier alpha value is -3.98. The fraction of sp³-hybridized carbons (Fsp3) is 0.240. The molecule has 0 unspecified atom stereocenters. The number of hydrogen-bond acceptors (Lipinski definition) is 7. The molecular weight excluding hydrogens is 435 g/mol. The predicted octanol–water partition coefficient (Wildman–Crippen LogP) is 3.71. The summed E-state index contributed by atoms with van der Waals surface area (Å²) in [7, 11) is 0. The molecule has 3 N–H and O–H groups in total. The minimum Gasteiger partial charge on any atom is -0.437 e. The Labute approximate surface area is 195 Å². The molecule has 5 rings (SSSR count). The van der Waals surface area contributed by atoms with Gasteiger partial charge in [-0.1, -0.05) is 18.2 Å². The number of halogens is 1. The number of piperazine rings is 1. The Kier molecular flexibility index (Phi) is 5.85. The maximum Gasteiger partial charge on any atom is 0.290 e. The predicted molar refractivity (Wildman–Crippen MR) is 130 cm³/mol. The van der Waals surface area contributed by atoms with Crippen LogP contribution in [0.15, 0.2) is 65.6 Å². The zero-order valence-electron chi connectivity index (χ0n) is 18.7. The summed E-state index contributed by atoms with van der Waals surface area (Å²) in [6, 6.07) is 16.1. The standard InChI is InChI=1S/C25H25FN6O2/c1-16(17-5-7-18(26)8-6-17)31-11-13-32(14-12-31)19-9-10-28-22(15-19)34-21-4-2-3-20-23(21)30-24(27)25(33)29-20/h2-10,15-16H,11-14H2,1H3,(H2,27,30)(H,29,33)/t16-/m0/s1. The van der Waals surface area contributed by atoms with Crippen molar-refractivity contribution >= 4 is 22.5 Å². The largest absolute Gasteiger partial charge is 0.437 e. The van der Waals surface area contributed by atoms with Crippen molar-refractivity contribution in [2.45, 2.75) is 13.0 Å². The molecule has 2 aromatic heterocycles. The monoisotopic (exact) mass is 460 g/mol. The van der Waals surface area contributed by atoms with Crippen LogP contribution in [0.1, 0.15) is 18.5 Å². The average Bonchev–Trinajstić information content (AvgIpc) is 2.86. The van der Waals surface area contributed by atoms with Crippen molar-refractivity contribution in [1.82, 2.24) is 19.9 Å². The number of anilines is 2. The van der Waals surface area contributed by atoms with Crippen LogP contribution in [-0.2, 0) is 0 Å². The minimum absolute atomic E-state index is 0.113. The number of aromatic amines is 1. The molecule has 3 heterocycles. The molecule has 0 aliphatic carbocycles. The van der Waals surface area contributed by atoms with Gasteiger partial charge in [0.15, 0.2) is 11.6 Å². The molecule has 1 fully saturated rings. The molecule has 0 spiro atoms. The lowest BCUT2D eigenvalue weighted by molar-refractivity contribution is 0.198. The zero-order valence-corrected chi connectivity index (χ0v) is 18.7. The van der Waals surface area contributed by atoms with Crippen molar-refractivity contribution in [3.05, 3.63) is 82.5 Å². The van der Waals surface area contributed by atoms with Gasteiger partial charge < -0.3 is 20.4 Å². The van der Waals surface area contributed by atoms with Crippen molar-refractivity contribution in [2.75, 3.05) is 36.8 Å². The Balaban J connectivity index is 1.29. The van der Waals surface area contributed by atoms with Gasteiger partial charge in [0.1, 0.15) is 11.3 Å².